The first-order chi connectivity index (χ1) is 10.5. The van der Waals surface area contributed by atoms with Gasteiger partial charge in [0.15, 0.2) is 0 Å². The summed E-state index contributed by atoms with van der Waals surface area (Å²) in [6.45, 7) is 3.02. The van der Waals surface area contributed by atoms with Crippen molar-refractivity contribution in [3.63, 3.8) is 0 Å². The molecule has 1 heterocycles. The highest BCUT2D eigenvalue weighted by Gasteiger charge is 2.35. The summed E-state index contributed by atoms with van der Waals surface area (Å²) in [7, 11) is 1.96. The van der Waals surface area contributed by atoms with Crippen molar-refractivity contribution >= 4 is 30.7 Å². The van der Waals surface area contributed by atoms with Crippen LogP contribution < -0.4 is 11.1 Å². The third-order valence-electron chi connectivity index (χ3n) is 3.98. The maximum atomic E-state index is 12.8. The first-order valence-electron chi connectivity index (χ1n) is 7.57. The lowest BCUT2D eigenvalue weighted by atomic mass is 9.90. The smallest absolute Gasteiger partial charge is 0.240 e. The lowest BCUT2D eigenvalue weighted by Crippen LogP contribution is -2.57. The Labute approximate surface area is 154 Å². The number of rotatable bonds is 6. The van der Waals surface area contributed by atoms with E-state index in [0.29, 0.717) is 45.7 Å². The van der Waals surface area contributed by atoms with Crippen molar-refractivity contribution < 1.29 is 13.9 Å². The number of nitrogens with zero attached hydrogens (tertiary/aromatic N) is 1. The van der Waals surface area contributed by atoms with Crippen LogP contribution in [0.1, 0.15) is 18.4 Å². The fourth-order valence-electron chi connectivity index (χ4n) is 2.48. The van der Waals surface area contributed by atoms with Crippen LogP contribution in [-0.4, -0.2) is 49.7 Å². The number of nitrogens with two attached hydrogens (primary N) is 1. The van der Waals surface area contributed by atoms with E-state index >= 15 is 0 Å². The Morgan fingerprint density at radius 2 is 1.88 bits per heavy atom. The largest absolute Gasteiger partial charge is 0.381 e. The van der Waals surface area contributed by atoms with Crippen LogP contribution in [-0.2, 0) is 16.1 Å². The SMILES string of the molecule is CN(CCNC(=O)C1(N)CCOCC1)Cc1ccc(F)cc1.Cl.Cl. The molecule has 1 aromatic rings. The molecule has 8 heteroatoms. The summed E-state index contributed by atoms with van der Waals surface area (Å²) in [6.07, 6.45) is 1.12. The van der Waals surface area contributed by atoms with Crippen molar-refractivity contribution in [1.82, 2.24) is 10.2 Å². The number of amides is 1. The van der Waals surface area contributed by atoms with Gasteiger partial charge in [0.25, 0.3) is 0 Å². The standard InChI is InChI=1S/C16H24FN3O2.2ClH/c1-20(12-13-2-4-14(17)5-3-13)9-8-19-15(21)16(18)6-10-22-11-7-16;;/h2-5H,6-12,18H2,1H3,(H,19,21);2*1H. The first kappa shape index (κ1) is 23.1. The normalized spacial score (nSPS) is 16.0. The van der Waals surface area contributed by atoms with Gasteiger partial charge in [-0.05, 0) is 37.6 Å². The molecule has 2 rings (SSSR count). The van der Waals surface area contributed by atoms with Crippen LogP contribution in [0.2, 0.25) is 0 Å². The number of ether oxygens (including phenoxy) is 1. The molecule has 0 aromatic heterocycles. The van der Waals surface area contributed by atoms with Gasteiger partial charge in [0.2, 0.25) is 5.91 Å². The van der Waals surface area contributed by atoms with Crippen molar-refractivity contribution in [2.75, 3.05) is 33.4 Å². The molecule has 1 aliphatic rings. The second kappa shape index (κ2) is 10.8. The van der Waals surface area contributed by atoms with Crippen molar-refractivity contribution in [3.8, 4) is 0 Å². The number of likely N-dealkylation sites (N-methyl/N-ethyl adjacent to an activating group) is 1. The van der Waals surface area contributed by atoms with E-state index in [1.807, 2.05) is 7.05 Å². The van der Waals surface area contributed by atoms with Crippen molar-refractivity contribution in [1.29, 1.82) is 0 Å². The van der Waals surface area contributed by atoms with Gasteiger partial charge >= 0.3 is 0 Å². The van der Waals surface area contributed by atoms with E-state index in [4.69, 9.17) is 10.5 Å². The molecule has 138 valence electrons. The van der Waals surface area contributed by atoms with E-state index in [2.05, 4.69) is 10.2 Å². The Hall–Kier alpha value is -0.920. The minimum Gasteiger partial charge on any atom is -0.381 e. The monoisotopic (exact) mass is 381 g/mol. The molecule has 3 N–H and O–H groups in total. The lowest BCUT2D eigenvalue weighted by Gasteiger charge is -2.32. The molecule has 0 spiro atoms. The number of nitrogens with one attached hydrogen (secondary N) is 1. The summed E-state index contributed by atoms with van der Waals surface area (Å²) >= 11 is 0. The second-order valence-electron chi connectivity index (χ2n) is 5.89. The van der Waals surface area contributed by atoms with E-state index in [-0.39, 0.29) is 36.5 Å². The molecule has 1 fully saturated rings. The average Bonchev–Trinajstić information content (AvgIpc) is 2.50. The molecule has 24 heavy (non-hydrogen) atoms. The first-order valence-corrected chi connectivity index (χ1v) is 7.57. The van der Waals surface area contributed by atoms with Crippen LogP contribution >= 0.6 is 24.8 Å². The molecule has 0 atom stereocenters. The summed E-state index contributed by atoms with van der Waals surface area (Å²) in [5, 5.41) is 2.90. The van der Waals surface area contributed by atoms with Gasteiger partial charge in [0.1, 0.15) is 5.82 Å². The molecule has 0 saturated carbocycles. The van der Waals surface area contributed by atoms with Crippen LogP contribution in [0.3, 0.4) is 0 Å². The Balaban J connectivity index is 0.00000264. The fraction of sp³-hybridized carbons (Fsp3) is 0.562. The van der Waals surface area contributed by atoms with Gasteiger partial charge in [0, 0.05) is 32.8 Å². The molecule has 0 unspecified atom stereocenters. The highest BCUT2D eigenvalue weighted by Crippen LogP contribution is 2.17. The average molecular weight is 382 g/mol. The van der Waals surface area contributed by atoms with Crippen LogP contribution in [0.25, 0.3) is 0 Å². The predicted octanol–water partition coefficient (Wildman–Crippen LogP) is 1.73. The van der Waals surface area contributed by atoms with E-state index in [1.165, 1.54) is 12.1 Å². The molecular formula is C16H26Cl2FN3O2. The Morgan fingerprint density at radius 3 is 2.46 bits per heavy atom. The van der Waals surface area contributed by atoms with Crippen LogP contribution in [0.4, 0.5) is 4.39 Å². The Morgan fingerprint density at radius 1 is 1.29 bits per heavy atom. The summed E-state index contributed by atoms with van der Waals surface area (Å²) in [5.41, 5.74) is 6.36. The third kappa shape index (κ3) is 6.91. The zero-order chi connectivity index (χ0) is 16.0. The van der Waals surface area contributed by atoms with E-state index in [0.717, 1.165) is 5.56 Å². The van der Waals surface area contributed by atoms with Gasteiger partial charge in [-0.1, -0.05) is 12.1 Å². The van der Waals surface area contributed by atoms with Gasteiger partial charge in [-0.2, -0.15) is 0 Å². The molecule has 0 aliphatic carbocycles. The highest BCUT2D eigenvalue weighted by atomic mass is 35.5. The summed E-state index contributed by atoms with van der Waals surface area (Å²) < 4.78 is 18.1. The molecule has 1 aliphatic heterocycles. The van der Waals surface area contributed by atoms with Crippen molar-refractivity contribution in [3.05, 3.63) is 35.6 Å². The van der Waals surface area contributed by atoms with E-state index < -0.39 is 5.54 Å². The van der Waals surface area contributed by atoms with Crippen LogP contribution in [0, 0.1) is 5.82 Å². The van der Waals surface area contributed by atoms with Gasteiger partial charge in [-0.25, -0.2) is 4.39 Å². The maximum absolute atomic E-state index is 12.8. The lowest BCUT2D eigenvalue weighted by molar-refractivity contribution is -0.129. The van der Waals surface area contributed by atoms with Crippen LogP contribution in [0.5, 0.6) is 0 Å². The van der Waals surface area contributed by atoms with E-state index in [9.17, 15) is 9.18 Å². The maximum Gasteiger partial charge on any atom is 0.240 e. The van der Waals surface area contributed by atoms with Gasteiger partial charge in [-0.3, -0.25) is 4.79 Å². The zero-order valence-corrected chi connectivity index (χ0v) is 15.4. The van der Waals surface area contributed by atoms with Crippen LogP contribution in [0.15, 0.2) is 24.3 Å². The molecule has 1 amide bonds. The molecule has 5 nitrogen and oxygen atoms in total. The molecular weight excluding hydrogens is 356 g/mol. The highest BCUT2D eigenvalue weighted by molar-refractivity contribution is 5.86. The minimum atomic E-state index is -0.798. The predicted molar refractivity (Wildman–Crippen MR) is 97.2 cm³/mol. The summed E-state index contributed by atoms with van der Waals surface area (Å²) in [5.74, 6) is -0.339. The molecule has 1 saturated heterocycles. The van der Waals surface area contributed by atoms with E-state index in [1.54, 1.807) is 12.1 Å². The molecule has 1 aromatic carbocycles. The number of carbonyl (C=O) groups is 1. The van der Waals surface area contributed by atoms with Gasteiger partial charge < -0.3 is 20.7 Å². The number of hydrogen-bond donors (Lipinski definition) is 2. The van der Waals surface area contributed by atoms with Crippen molar-refractivity contribution in [2.45, 2.75) is 24.9 Å². The number of hydrogen-bond acceptors (Lipinski definition) is 4. The molecule has 0 radical (unpaired) electrons. The van der Waals surface area contributed by atoms with Crippen molar-refractivity contribution in [2.24, 2.45) is 5.73 Å². The Bertz CT molecular complexity index is 497. The quantitative estimate of drug-likeness (QED) is 0.787. The molecule has 0 bridgehead atoms. The minimum absolute atomic E-state index is 0. The zero-order valence-electron chi connectivity index (χ0n) is 13.8. The number of halogens is 3. The Kier molecular flexibility index (Phi) is 10.4. The number of carbonyl (C=O) groups excluding carboxylic acids is 1. The van der Waals surface area contributed by atoms with Gasteiger partial charge in [-0.15, -0.1) is 24.8 Å². The third-order valence-corrected chi connectivity index (χ3v) is 3.98. The topological polar surface area (TPSA) is 67.6 Å². The van der Waals surface area contributed by atoms with Gasteiger partial charge in [0.05, 0.1) is 5.54 Å². The fourth-order valence-corrected chi connectivity index (χ4v) is 2.48. The number of benzene rings is 1. The summed E-state index contributed by atoms with van der Waals surface area (Å²) in [6, 6.07) is 6.44. The summed E-state index contributed by atoms with van der Waals surface area (Å²) in [4.78, 5) is 14.2. The second-order valence-corrected chi connectivity index (χ2v) is 5.89.